The molecular formula is C29H27F6N5O4. The predicted molar refractivity (Wildman–Crippen MR) is 145 cm³/mol. The Morgan fingerprint density at radius 3 is 2.48 bits per heavy atom. The van der Waals surface area contributed by atoms with Crippen LogP contribution in [0.3, 0.4) is 0 Å². The predicted octanol–water partition coefficient (Wildman–Crippen LogP) is 6.49. The van der Waals surface area contributed by atoms with Gasteiger partial charge in [-0.1, -0.05) is 0 Å². The fourth-order valence-corrected chi connectivity index (χ4v) is 5.51. The Labute approximate surface area is 246 Å². The summed E-state index contributed by atoms with van der Waals surface area (Å²) >= 11 is 0. The van der Waals surface area contributed by atoms with Crippen molar-refractivity contribution in [3.63, 3.8) is 0 Å². The summed E-state index contributed by atoms with van der Waals surface area (Å²) in [5.74, 6) is -5.20. The van der Waals surface area contributed by atoms with Gasteiger partial charge < -0.3 is 19.5 Å². The van der Waals surface area contributed by atoms with Gasteiger partial charge in [-0.2, -0.15) is 19.0 Å². The van der Waals surface area contributed by atoms with Gasteiger partial charge in [-0.05, 0) is 49.1 Å². The number of hydrogen-bond acceptors (Lipinski definition) is 6. The smallest absolute Gasteiger partial charge is 0.387 e. The molecule has 1 aliphatic carbocycles. The molecule has 2 aromatic carbocycles. The lowest BCUT2D eigenvalue weighted by Crippen LogP contribution is -2.30. The fraction of sp³-hybridized carbons (Fsp3) is 0.414. The van der Waals surface area contributed by atoms with Gasteiger partial charge in [-0.25, -0.2) is 22.2 Å². The second-order valence-corrected chi connectivity index (χ2v) is 10.7. The molecule has 1 aliphatic heterocycles. The fourth-order valence-electron chi connectivity index (χ4n) is 5.51. The first-order valence-corrected chi connectivity index (χ1v) is 13.8. The van der Waals surface area contributed by atoms with Crippen molar-refractivity contribution in [2.45, 2.75) is 56.9 Å². The largest absolute Gasteiger partial charge is 0.496 e. The van der Waals surface area contributed by atoms with Crippen molar-refractivity contribution in [1.29, 1.82) is 0 Å². The van der Waals surface area contributed by atoms with E-state index in [0.29, 0.717) is 17.7 Å². The molecule has 2 atom stereocenters. The van der Waals surface area contributed by atoms with Gasteiger partial charge in [0.2, 0.25) is 0 Å². The van der Waals surface area contributed by atoms with Gasteiger partial charge in [-0.3, -0.25) is 9.48 Å². The monoisotopic (exact) mass is 623 g/mol. The number of nitrogens with one attached hydrogen (secondary N) is 1. The van der Waals surface area contributed by atoms with Crippen LogP contribution in [0.5, 0.6) is 11.5 Å². The lowest BCUT2D eigenvalue weighted by molar-refractivity contribution is -0.0502. The van der Waals surface area contributed by atoms with E-state index in [1.54, 1.807) is 23.1 Å². The van der Waals surface area contributed by atoms with Gasteiger partial charge in [0.05, 0.1) is 30.6 Å². The summed E-state index contributed by atoms with van der Waals surface area (Å²) in [5, 5.41) is 10.9. The van der Waals surface area contributed by atoms with Gasteiger partial charge in [-0.15, -0.1) is 0 Å². The van der Waals surface area contributed by atoms with Crippen LogP contribution in [0.4, 0.5) is 26.3 Å². The third kappa shape index (κ3) is 5.55. The van der Waals surface area contributed by atoms with Crippen LogP contribution in [0.25, 0.3) is 33.3 Å². The van der Waals surface area contributed by atoms with Crippen molar-refractivity contribution < 1.29 is 45.3 Å². The number of aromatic nitrogens is 4. The van der Waals surface area contributed by atoms with Gasteiger partial charge in [0.25, 0.3) is 18.3 Å². The second-order valence-electron chi connectivity index (χ2n) is 10.7. The Bertz CT molecular complexity index is 1720. The van der Waals surface area contributed by atoms with Gasteiger partial charge >= 0.3 is 6.61 Å². The SMILES string of the molecule is COc1cc(-c2c3c(C(F)F)cc(-c4cnn(C5CCCCO5)c4)cc3nn2C)cc(OC(F)F)c1C(=O)N[C@@H]1CC1(F)F. The summed E-state index contributed by atoms with van der Waals surface area (Å²) in [6.07, 6.45) is 2.18. The molecular weight excluding hydrogens is 596 g/mol. The molecule has 6 rings (SSSR count). The van der Waals surface area contributed by atoms with E-state index < -0.39 is 48.6 Å². The second kappa shape index (κ2) is 11.3. The molecule has 1 saturated heterocycles. The van der Waals surface area contributed by atoms with E-state index >= 15 is 0 Å². The minimum atomic E-state index is -3.40. The number of methoxy groups -OCH3 is 1. The number of carbonyl (C=O) groups is 1. The van der Waals surface area contributed by atoms with E-state index in [1.807, 2.05) is 0 Å². The first-order chi connectivity index (χ1) is 21.0. The molecule has 44 heavy (non-hydrogen) atoms. The standard InChI is InChI=1S/C29H27F6N5O4/c1-39-25(15-9-19(42-2)24(20(10-15)44-28(32)33)27(41)37-21-11-29(21,34)35)23-17(26(30)31)7-14(8-18(23)38-39)16-12-36-40(13-16)22-5-3-4-6-43-22/h7-10,12-13,21-22,26,28H,3-6,11H2,1-2H3,(H,37,41)/t21-,22?/m1/s1. The summed E-state index contributed by atoms with van der Waals surface area (Å²) in [6, 6.07) is 3.75. The number of fused-ring (bicyclic) bond motifs is 1. The maximum Gasteiger partial charge on any atom is 0.387 e. The van der Waals surface area contributed by atoms with E-state index in [-0.39, 0.29) is 39.7 Å². The molecule has 234 valence electrons. The maximum atomic E-state index is 14.6. The van der Waals surface area contributed by atoms with Crippen molar-refractivity contribution in [3.8, 4) is 33.9 Å². The van der Waals surface area contributed by atoms with Crippen molar-refractivity contribution in [1.82, 2.24) is 24.9 Å². The highest BCUT2D eigenvalue weighted by Gasteiger charge is 2.58. The van der Waals surface area contributed by atoms with Crippen LogP contribution < -0.4 is 14.8 Å². The maximum absolute atomic E-state index is 14.6. The van der Waals surface area contributed by atoms with Crippen LogP contribution in [0.2, 0.25) is 0 Å². The number of amides is 1. The van der Waals surface area contributed by atoms with Crippen LogP contribution in [0, 0.1) is 0 Å². The molecule has 15 heteroatoms. The van der Waals surface area contributed by atoms with Crippen molar-refractivity contribution in [3.05, 3.63) is 47.8 Å². The zero-order valence-corrected chi connectivity index (χ0v) is 23.5. The zero-order valence-electron chi connectivity index (χ0n) is 23.5. The van der Waals surface area contributed by atoms with Crippen LogP contribution in [0.15, 0.2) is 36.7 Å². The first-order valence-electron chi connectivity index (χ1n) is 13.8. The van der Waals surface area contributed by atoms with Crippen molar-refractivity contribution in [2.75, 3.05) is 13.7 Å². The average molecular weight is 624 g/mol. The average Bonchev–Trinajstić information content (AvgIpc) is 3.31. The Morgan fingerprint density at radius 1 is 1.09 bits per heavy atom. The number of alkyl halides is 6. The van der Waals surface area contributed by atoms with Gasteiger partial charge in [0, 0.05) is 48.3 Å². The summed E-state index contributed by atoms with van der Waals surface area (Å²) in [4.78, 5) is 12.9. The molecule has 2 aromatic heterocycles. The molecule has 1 N–H and O–H groups in total. The van der Waals surface area contributed by atoms with Crippen molar-refractivity contribution in [2.24, 2.45) is 7.05 Å². The van der Waals surface area contributed by atoms with Crippen LogP contribution >= 0.6 is 0 Å². The molecule has 2 aliphatic rings. The zero-order chi connectivity index (χ0) is 31.3. The third-order valence-corrected chi connectivity index (χ3v) is 7.72. The number of benzene rings is 2. The Balaban J connectivity index is 1.45. The summed E-state index contributed by atoms with van der Waals surface area (Å²) in [5.41, 5.74) is 0.434. The summed E-state index contributed by atoms with van der Waals surface area (Å²) in [7, 11) is 2.63. The highest BCUT2D eigenvalue weighted by molar-refractivity contribution is 6.03. The molecule has 0 bridgehead atoms. The quantitative estimate of drug-likeness (QED) is 0.215. The van der Waals surface area contributed by atoms with Crippen LogP contribution in [0.1, 0.15) is 54.3 Å². The molecule has 0 radical (unpaired) electrons. The number of hydrogen-bond donors (Lipinski definition) is 1. The Morgan fingerprint density at radius 2 is 1.84 bits per heavy atom. The summed E-state index contributed by atoms with van der Waals surface area (Å²) in [6.45, 7) is -2.79. The van der Waals surface area contributed by atoms with E-state index in [4.69, 9.17) is 9.47 Å². The number of aryl methyl sites for hydroxylation is 1. The van der Waals surface area contributed by atoms with Crippen molar-refractivity contribution >= 4 is 16.8 Å². The normalized spacial score (nSPS) is 19.5. The van der Waals surface area contributed by atoms with E-state index in [0.717, 1.165) is 32.4 Å². The Kier molecular flexibility index (Phi) is 7.68. The minimum absolute atomic E-state index is 0.0362. The number of nitrogens with zero attached hydrogens (tertiary/aromatic N) is 4. The minimum Gasteiger partial charge on any atom is -0.496 e. The third-order valence-electron chi connectivity index (χ3n) is 7.72. The first kappa shape index (κ1) is 29.8. The van der Waals surface area contributed by atoms with Gasteiger partial charge in [0.15, 0.2) is 0 Å². The highest BCUT2D eigenvalue weighted by Crippen LogP contribution is 2.44. The molecule has 9 nitrogen and oxygen atoms in total. The summed E-state index contributed by atoms with van der Waals surface area (Å²) < 4.78 is 102. The van der Waals surface area contributed by atoms with Crippen LogP contribution in [-0.4, -0.2) is 57.8 Å². The number of halogens is 6. The van der Waals surface area contributed by atoms with E-state index in [9.17, 15) is 31.1 Å². The lowest BCUT2D eigenvalue weighted by atomic mass is 9.97. The van der Waals surface area contributed by atoms with Gasteiger partial charge in [0.1, 0.15) is 23.3 Å². The van der Waals surface area contributed by atoms with Crippen LogP contribution in [-0.2, 0) is 11.8 Å². The number of carbonyl (C=O) groups excluding carboxylic acids is 1. The molecule has 3 heterocycles. The van der Waals surface area contributed by atoms with E-state index in [2.05, 4.69) is 20.3 Å². The molecule has 0 spiro atoms. The molecule has 1 saturated carbocycles. The molecule has 1 unspecified atom stereocenters. The number of ether oxygens (including phenoxy) is 3. The lowest BCUT2D eigenvalue weighted by Gasteiger charge is -2.22. The highest BCUT2D eigenvalue weighted by atomic mass is 19.3. The molecule has 1 amide bonds. The topological polar surface area (TPSA) is 92.4 Å². The molecule has 2 fully saturated rings. The number of rotatable bonds is 9. The van der Waals surface area contributed by atoms with E-state index in [1.165, 1.54) is 23.9 Å². The Hall–Kier alpha value is -4.27. The molecule has 4 aromatic rings.